The molecule has 0 radical (unpaired) electrons. The zero-order valence-electron chi connectivity index (χ0n) is 25.1. The third kappa shape index (κ3) is 9.65. The van der Waals surface area contributed by atoms with Crippen LogP contribution in [-0.2, 0) is 15.9 Å². The van der Waals surface area contributed by atoms with Crippen LogP contribution in [0, 0.1) is 0 Å². The predicted octanol–water partition coefficient (Wildman–Crippen LogP) is 4.68. The molecule has 0 atom stereocenters. The lowest BCUT2D eigenvalue weighted by molar-refractivity contribution is 0.0519. The van der Waals surface area contributed by atoms with Crippen LogP contribution >= 0.6 is 0 Å². The summed E-state index contributed by atoms with van der Waals surface area (Å²) < 4.78 is 22.5. The number of carbonyl (C=O) groups excluding carboxylic acids is 1. The van der Waals surface area contributed by atoms with E-state index in [-0.39, 0.29) is 11.9 Å². The van der Waals surface area contributed by atoms with Gasteiger partial charge in [0.15, 0.2) is 0 Å². The third-order valence-electron chi connectivity index (χ3n) is 6.69. The maximum atomic E-state index is 12.0. The van der Waals surface area contributed by atoms with Gasteiger partial charge in [0, 0.05) is 42.3 Å². The summed E-state index contributed by atoms with van der Waals surface area (Å²) in [4.78, 5) is 28.7. The van der Waals surface area contributed by atoms with E-state index in [0.717, 1.165) is 28.6 Å². The van der Waals surface area contributed by atoms with E-state index in [1.807, 2.05) is 72.9 Å². The second kappa shape index (κ2) is 16.6. The van der Waals surface area contributed by atoms with Crippen molar-refractivity contribution < 1.29 is 23.7 Å². The van der Waals surface area contributed by atoms with Gasteiger partial charge < -0.3 is 39.9 Å². The summed E-state index contributed by atoms with van der Waals surface area (Å²) >= 11 is 0. The Labute approximate surface area is 261 Å². The first-order valence-corrected chi connectivity index (χ1v) is 14.8. The van der Waals surface area contributed by atoms with Gasteiger partial charge in [0.1, 0.15) is 11.5 Å². The summed E-state index contributed by atoms with van der Waals surface area (Å²) in [5, 5.41) is 10.4. The SMILES string of the molecule is COc1ccc2[nH]cc(CCNc3nc(NCCOCCOCCNC(=O)c4ccccc4)nc(Oc4ccccc4)n3)c2c1. The molecule has 0 aliphatic heterocycles. The van der Waals surface area contributed by atoms with E-state index in [4.69, 9.17) is 18.9 Å². The standard InChI is InChI=1S/C33H37N7O5/c1-42-27-12-13-29-28(22-27)25(23-37-29)14-15-35-31-38-32(40-33(39-31)45-26-10-6-3-7-11-26)36-17-19-44-21-20-43-18-16-34-30(41)24-8-4-2-5-9-24/h2-13,22-23,37H,14-21H2,1H3,(H,34,41)(H2,35,36,38,39,40). The van der Waals surface area contributed by atoms with Gasteiger partial charge in [-0.25, -0.2) is 0 Å². The number of carbonyl (C=O) groups is 1. The first-order chi connectivity index (χ1) is 22.2. The van der Waals surface area contributed by atoms with Crippen LogP contribution in [0.4, 0.5) is 11.9 Å². The van der Waals surface area contributed by atoms with Crippen LogP contribution in [0.1, 0.15) is 15.9 Å². The smallest absolute Gasteiger partial charge is 0.328 e. The Kier molecular flexibility index (Phi) is 11.5. The average molecular weight is 612 g/mol. The number of methoxy groups -OCH3 is 1. The van der Waals surface area contributed by atoms with Gasteiger partial charge in [-0.15, -0.1) is 0 Å². The highest BCUT2D eigenvalue weighted by molar-refractivity contribution is 5.94. The Morgan fingerprint density at radius 1 is 0.756 bits per heavy atom. The molecule has 0 spiro atoms. The second-order valence-electron chi connectivity index (χ2n) is 9.86. The Morgan fingerprint density at radius 2 is 1.44 bits per heavy atom. The van der Waals surface area contributed by atoms with E-state index in [2.05, 4.69) is 35.9 Å². The van der Waals surface area contributed by atoms with Gasteiger partial charge in [0.2, 0.25) is 11.9 Å². The largest absolute Gasteiger partial charge is 0.497 e. The number of aromatic amines is 1. The monoisotopic (exact) mass is 611 g/mol. The molecule has 0 unspecified atom stereocenters. The number of fused-ring (bicyclic) bond motifs is 1. The highest BCUT2D eigenvalue weighted by Crippen LogP contribution is 2.24. The van der Waals surface area contributed by atoms with Gasteiger partial charge in [0.25, 0.3) is 5.91 Å². The molecular weight excluding hydrogens is 574 g/mol. The lowest BCUT2D eigenvalue weighted by atomic mass is 10.1. The van der Waals surface area contributed by atoms with Crippen molar-refractivity contribution in [2.75, 3.05) is 63.8 Å². The molecule has 4 N–H and O–H groups in total. The first-order valence-electron chi connectivity index (χ1n) is 14.8. The van der Waals surface area contributed by atoms with E-state index < -0.39 is 0 Å². The van der Waals surface area contributed by atoms with Crippen LogP contribution in [0.2, 0.25) is 0 Å². The van der Waals surface area contributed by atoms with Gasteiger partial charge in [0.05, 0.1) is 33.5 Å². The Hall–Kier alpha value is -5.20. The number of nitrogens with one attached hydrogen (secondary N) is 4. The number of hydrogen-bond acceptors (Lipinski definition) is 10. The number of anilines is 2. The lowest BCUT2D eigenvalue weighted by Crippen LogP contribution is -2.27. The molecule has 45 heavy (non-hydrogen) atoms. The van der Waals surface area contributed by atoms with Crippen molar-refractivity contribution in [2.45, 2.75) is 6.42 Å². The second-order valence-corrected chi connectivity index (χ2v) is 9.86. The van der Waals surface area contributed by atoms with Crippen LogP contribution in [0.5, 0.6) is 17.5 Å². The highest BCUT2D eigenvalue weighted by atomic mass is 16.5. The molecular formula is C33H37N7O5. The molecule has 0 saturated heterocycles. The number of nitrogens with zero attached hydrogens (tertiary/aromatic N) is 3. The third-order valence-corrected chi connectivity index (χ3v) is 6.69. The normalized spacial score (nSPS) is 10.9. The molecule has 5 rings (SSSR count). The maximum absolute atomic E-state index is 12.0. The zero-order chi connectivity index (χ0) is 31.1. The minimum Gasteiger partial charge on any atom is -0.497 e. The van der Waals surface area contributed by atoms with Crippen molar-refractivity contribution in [3.8, 4) is 17.5 Å². The van der Waals surface area contributed by atoms with Gasteiger partial charge >= 0.3 is 6.01 Å². The fraction of sp³-hybridized carbons (Fsp3) is 0.273. The minimum atomic E-state index is -0.120. The molecule has 12 heteroatoms. The lowest BCUT2D eigenvalue weighted by Gasteiger charge is -2.11. The molecule has 12 nitrogen and oxygen atoms in total. The molecule has 5 aromatic rings. The number of benzene rings is 3. The number of hydrogen-bond donors (Lipinski definition) is 4. The van der Waals surface area contributed by atoms with Crippen molar-refractivity contribution in [3.63, 3.8) is 0 Å². The van der Waals surface area contributed by atoms with Gasteiger partial charge in [-0.3, -0.25) is 4.79 Å². The Morgan fingerprint density at radius 3 is 2.18 bits per heavy atom. The maximum Gasteiger partial charge on any atom is 0.328 e. The zero-order valence-corrected chi connectivity index (χ0v) is 25.1. The van der Waals surface area contributed by atoms with E-state index in [1.54, 1.807) is 19.2 Å². The number of ether oxygens (including phenoxy) is 4. The van der Waals surface area contributed by atoms with Gasteiger partial charge in [-0.05, 0) is 54.4 Å². The van der Waals surface area contributed by atoms with Crippen LogP contribution in [-0.4, -0.2) is 79.0 Å². The predicted molar refractivity (Wildman–Crippen MR) is 172 cm³/mol. The molecule has 0 bridgehead atoms. The number of amides is 1. The Bertz CT molecular complexity index is 1630. The summed E-state index contributed by atoms with van der Waals surface area (Å²) in [6, 6.07) is 24.6. The number of aromatic nitrogens is 4. The van der Waals surface area contributed by atoms with Crippen molar-refractivity contribution >= 4 is 28.7 Å². The molecule has 2 aromatic heterocycles. The van der Waals surface area contributed by atoms with Gasteiger partial charge in [-0.1, -0.05) is 36.4 Å². The van der Waals surface area contributed by atoms with E-state index in [1.165, 1.54) is 0 Å². The number of rotatable bonds is 18. The molecule has 0 aliphatic rings. The fourth-order valence-electron chi connectivity index (χ4n) is 4.44. The summed E-state index contributed by atoms with van der Waals surface area (Å²) in [6.45, 7) is 3.14. The van der Waals surface area contributed by atoms with E-state index >= 15 is 0 Å². The highest BCUT2D eigenvalue weighted by Gasteiger charge is 2.10. The molecule has 234 valence electrons. The van der Waals surface area contributed by atoms with Crippen molar-refractivity contribution in [1.29, 1.82) is 0 Å². The fourth-order valence-corrected chi connectivity index (χ4v) is 4.44. The summed E-state index contributed by atoms with van der Waals surface area (Å²) in [6.07, 6.45) is 2.75. The van der Waals surface area contributed by atoms with Crippen molar-refractivity contribution in [3.05, 3.63) is 96.2 Å². The van der Waals surface area contributed by atoms with Crippen LogP contribution in [0.3, 0.4) is 0 Å². The van der Waals surface area contributed by atoms with Crippen molar-refractivity contribution in [1.82, 2.24) is 25.3 Å². The Balaban J connectivity index is 1.06. The number of para-hydroxylation sites is 1. The minimum absolute atomic E-state index is 0.120. The first kappa shape index (κ1) is 31.2. The van der Waals surface area contributed by atoms with Crippen molar-refractivity contribution in [2.24, 2.45) is 0 Å². The summed E-state index contributed by atoms with van der Waals surface area (Å²) in [5.74, 6) is 2.07. The van der Waals surface area contributed by atoms with Crippen LogP contribution in [0.25, 0.3) is 10.9 Å². The number of H-pyrrole nitrogens is 1. The van der Waals surface area contributed by atoms with Gasteiger partial charge in [-0.2, -0.15) is 15.0 Å². The van der Waals surface area contributed by atoms with Crippen LogP contribution in [0.15, 0.2) is 85.1 Å². The molecule has 2 heterocycles. The quantitative estimate of drug-likeness (QED) is 0.103. The van der Waals surface area contributed by atoms with Crippen LogP contribution < -0.4 is 25.4 Å². The average Bonchev–Trinajstić information content (AvgIpc) is 3.48. The summed E-state index contributed by atoms with van der Waals surface area (Å²) in [7, 11) is 1.66. The molecule has 0 fully saturated rings. The van der Waals surface area contributed by atoms with E-state index in [0.29, 0.717) is 69.3 Å². The van der Waals surface area contributed by atoms with E-state index in [9.17, 15) is 4.79 Å². The molecule has 1 amide bonds. The topological polar surface area (TPSA) is 145 Å². The molecule has 0 aliphatic carbocycles. The molecule has 0 saturated carbocycles. The summed E-state index contributed by atoms with van der Waals surface area (Å²) in [5.41, 5.74) is 2.83. The molecule has 3 aromatic carbocycles.